The summed E-state index contributed by atoms with van der Waals surface area (Å²) in [5, 5.41) is 20.9. The first kappa shape index (κ1) is 46.6. The van der Waals surface area contributed by atoms with Gasteiger partial charge in [-0.1, -0.05) is 57.2 Å². The maximum Gasteiger partial charge on any atom is 0.320 e. The van der Waals surface area contributed by atoms with Crippen LogP contribution in [-0.4, -0.2) is 86.9 Å². The van der Waals surface area contributed by atoms with Gasteiger partial charge in [0.1, 0.15) is 23.1 Å². The highest BCUT2D eigenvalue weighted by Crippen LogP contribution is 2.37. The molecule has 0 atom stereocenters. The van der Waals surface area contributed by atoms with E-state index in [1.807, 2.05) is 30.3 Å². The summed E-state index contributed by atoms with van der Waals surface area (Å²) < 4.78 is 11.2. The van der Waals surface area contributed by atoms with Gasteiger partial charge in [-0.05, 0) is 105 Å². The van der Waals surface area contributed by atoms with E-state index in [2.05, 4.69) is 111 Å². The number of ether oxygens (including phenoxy) is 1. The predicted octanol–water partition coefficient (Wildman–Crippen LogP) is 9.05. The van der Waals surface area contributed by atoms with Crippen LogP contribution < -0.4 is 35.5 Å². The van der Waals surface area contributed by atoms with Crippen molar-refractivity contribution in [1.29, 1.82) is 0 Å². The lowest BCUT2D eigenvalue weighted by Crippen LogP contribution is -2.46. The molecule has 3 fully saturated rings. The Hall–Kier alpha value is -5.05. The molecule has 3 saturated heterocycles. The standard InChI is InChI=1S/C23H34N4O2Si.C17H20N4O2.C4H8O.ClH/c1-23(2,3)30(4,5)29-20-11-12-21(24-17-20)26-22(28)25-18-13-15-27(16-14-18)19-9-7-6-8-10-19;22-15-6-7-16(18-12-15)20-17(23)19-13-8-10-21(11-9-13)14-4-2-1-3-5-14;1-2-4-5-3-1;/h6-12,17-18H,13-16H2,1-5H3,(H2,24,25,26,28);1-7,12-13,22H,8-11H2,(H2,18,19,20,23);1-4H2;1H. The Morgan fingerprint density at radius 2 is 1.14 bits per heavy atom. The summed E-state index contributed by atoms with van der Waals surface area (Å²) in [6, 6.07) is 27.3. The molecule has 3 aliphatic heterocycles. The number of para-hydroxylation sites is 2. The van der Waals surface area contributed by atoms with Crippen molar-refractivity contribution in [2.75, 3.05) is 59.8 Å². The minimum atomic E-state index is -1.90. The van der Waals surface area contributed by atoms with Gasteiger partial charge in [-0.25, -0.2) is 19.6 Å². The van der Waals surface area contributed by atoms with Gasteiger partial charge in [0.25, 0.3) is 8.32 Å². The van der Waals surface area contributed by atoms with Crippen LogP contribution in [0.5, 0.6) is 11.5 Å². The smallest absolute Gasteiger partial charge is 0.320 e. The lowest BCUT2D eigenvalue weighted by Gasteiger charge is -2.36. The van der Waals surface area contributed by atoms with Gasteiger partial charge in [0, 0.05) is 62.9 Å². The summed E-state index contributed by atoms with van der Waals surface area (Å²) in [4.78, 5) is 37.3. The molecule has 7 rings (SSSR count). The zero-order valence-electron chi connectivity index (χ0n) is 35.2. The molecule has 0 bridgehead atoms. The summed E-state index contributed by atoms with van der Waals surface area (Å²) >= 11 is 0. The van der Waals surface area contributed by atoms with Crippen molar-refractivity contribution in [2.45, 2.75) is 89.5 Å². The Labute approximate surface area is 357 Å². The number of amides is 4. The molecule has 0 spiro atoms. The van der Waals surface area contributed by atoms with E-state index in [4.69, 9.17) is 9.16 Å². The number of piperidine rings is 2. The number of anilines is 4. The van der Waals surface area contributed by atoms with Crippen LogP contribution in [-0.2, 0) is 4.74 Å². The van der Waals surface area contributed by atoms with E-state index in [1.54, 1.807) is 18.3 Å². The van der Waals surface area contributed by atoms with Gasteiger partial charge in [0.2, 0.25) is 0 Å². The number of aromatic hydroxyl groups is 1. The molecule has 3 aliphatic rings. The topological polar surface area (TPSA) is 153 Å². The number of carbonyl (C=O) groups is 2. The number of hydrogen-bond acceptors (Lipinski definition) is 9. The number of aromatic nitrogens is 2. The van der Waals surface area contributed by atoms with E-state index in [0.29, 0.717) is 11.6 Å². The molecule has 0 saturated carbocycles. The highest BCUT2D eigenvalue weighted by atomic mass is 35.5. The lowest BCUT2D eigenvalue weighted by molar-refractivity contribution is 0.198. The largest absolute Gasteiger partial charge is 0.542 e. The van der Waals surface area contributed by atoms with E-state index in [1.165, 1.54) is 36.5 Å². The van der Waals surface area contributed by atoms with Crippen molar-refractivity contribution in [1.82, 2.24) is 20.6 Å². The summed E-state index contributed by atoms with van der Waals surface area (Å²) in [7, 11) is -1.90. The number of urea groups is 2. The van der Waals surface area contributed by atoms with Gasteiger partial charge >= 0.3 is 12.1 Å². The van der Waals surface area contributed by atoms with Crippen LogP contribution in [0.4, 0.5) is 32.6 Å². The van der Waals surface area contributed by atoms with Crippen LogP contribution >= 0.6 is 12.4 Å². The van der Waals surface area contributed by atoms with Gasteiger partial charge in [0.15, 0.2) is 0 Å². The number of carbonyl (C=O) groups excluding carboxylic acids is 2. The maximum atomic E-state index is 12.4. The van der Waals surface area contributed by atoms with Crippen molar-refractivity contribution in [2.24, 2.45) is 0 Å². The van der Waals surface area contributed by atoms with Gasteiger partial charge in [0.05, 0.1) is 12.4 Å². The first-order valence-corrected chi connectivity index (χ1v) is 23.4. The fourth-order valence-corrected chi connectivity index (χ4v) is 7.47. The summed E-state index contributed by atoms with van der Waals surface area (Å²) in [6.07, 6.45) is 9.21. The molecule has 5 N–H and O–H groups in total. The molecule has 320 valence electrons. The molecule has 15 heteroatoms. The maximum absolute atomic E-state index is 12.4. The van der Waals surface area contributed by atoms with Crippen molar-refractivity contribution in [3.8, 4) is 11.5 Å². The molecule has 4 aromatic rings. The lowest BCUT2D eigenvalue weighted by atomic mass is 10.0. The summed E-state index contributed by atoms with van der Waals surface area (Å²) in [5.74, 6) is 1.77. The number of nitrogens with zero attached hydrogens (tertiary/aromatic N) is 4. The van der Waals surface area contributed by atoms with E-state index in [-0.39, 0.29) is 47.3 Å². The molecule has 0 aliphatic carbocycles. The Morgan fingerprint density at radius 1 is 0.695 bits per heavy atom. The molecule has 0 radical (unpaired) electrons. The van der Waals surface area contributed by atoms with Gasteiger partial charge in [-0.3, -0.25) is 10.6 Å². The van der Waals surface area contributed by atoms with Gasteiger partial charge in [-0.2, -0.15) is 0 Å². The second-order valence-corrected chi connectivity index (χ2v) is 21.1. The summed E-state index contributed by atoms with van der Waals surface area (Å²) in [6.45, 7) is 16.7. The fraction of sp³-hybridized carbons (Fsp3) is 0.455. The van der Waals surface area contributed by atoms with Crippen LogP contribution in [0.25, 0.3) is 0 Å². The molecule has 13 nitrogen and oxygen atoms in total. The van der Waals surface area contributed by atoms with Gasteiger partial charge < -0.3 is 34.7 Å². The first-order valence-electron chi connectivity index (χ1n) is 20.5. The number of hydrogen-bond donors (Lipinski definition) is 5. The zero-order valence-corrected chi connectivity index (χ0v) is 37.0. The third-order valence-electron chi connectivity index (χ3n) is 10.9. The molecule has 0 unspecified atom stereocenters. The Kier molecular flexibility index (Phi) is 18.1. The normalized spacial score (nSPS) is 15.9. The van der Waals surface area contributed by atoms with Crippen LogP contribution in [0.3, 0.4) is 0 Å². The molecule has 4 amide bonds. The number of rotatable bonds is 8. The van der Waals surface area contributed by atoms with Crippen molar-refractivity contribution in [3.63, 3.8) is 0 Å². The van der Waals surface area contributed by atoms with E-state index >= 15 is 0 Å². The monoisotopic (exact) mass is 846 g/mol. The highest BCUT2D eigenvalue weighted by molar-refractivity contribution is 6.74. The molecular weight excluding hydrogens is 784 g/mol. The minimum absolute atomic E-state index is 0. The molecule has 2 aromatic heterocycles. The predicted molar refractivity (Wildman–Crippen MR) is 243 cm³/mol. The SMILES string of the molecule is C1CCOC1.CC(C)(C)[Si](C)(C)Oc1ccc(NC(=O)NC2CCN(c3ccccc3)CC2)nc1.Cl.O=C(Nc1ccc(O)cn1)NC1CCN(c2ccccc2)CC1. The third-order valence-corrected chi connectivity index (χ3v) is 15.2. The Balaban J connectivity index is 0.000000234. The van der Waals surface area contributed by atoms with Crippen LogP contribution in [0.2, 0.25) is 18.1 Å². The van der Waals surface area contributed by atoms with E-state index < -0.39 is 8.32 Å². The minimum Gasteiger partial charge on any atom is -0.542 e. The average Bonchev–Trinajstić information content (AvgIpc) is 3.82. The fourth-order valence-electron chi connectivity index (χ4n) is 6.45. The number of nitrogens with one attached hydrogen (secondary N) is 4. The first-order chi connectivity index (χ1) is 27.8. The number of pyridine rings is 2. The second-order valence-electron chi connectivity index (χ2n) is 16.4. The number of benzene rings is 2. The van der Waals surface area contributed by atoms with Crippen LogP contribution in [0.15, 0.2) is 97.3 Å². The molecule has 2 aromatic carbocycles. The van der Waals surface area contributed by atoms with Crippen LogP contribution in [0.1, 0.15) is 59.3 Å². The molecule has 59 heavy (non-hydrogen) atoms. The Morgan fingerprint density at radius 3 is 1.49 bits per heavy atom. The summed E-state index contributed by atoms with van der Waals surface area (Å²) in [5.41, 5.74) is 2.47. The molecule has 5 heterocycles. The number of halogens is 1. The van der Waals surface area contributed by atoms with E-state index in [9.17, 15) is 14.7 Å². The second kappa shape index (κ2) is 22.9. The molecular formula is C44H63ClN8O5Si. The van der Waals surface area contributed by atoms with Crippen molar-refractivity contribution >= 4 is 55.8 Å². The Bertz CT molecular complexity index is 1810. The van der Waals surface area contributed by atoms with Crippen molar-refractivity contribution in [3.05, 3.63) is 97.3 Å². The highest BCUT2D eigenvalue weighted by Gasteiger charge is 2.39. The third kappa shape index (κ3) is 15.6. The zero-order chi connectivity index (χ0) is 41.4. The quantitative estimate of drug-likeness (QED) is 0.109. The van der Waals surface area contributed by atoms with Crippen molar-refractivity contribution < 1.29 is 23.9 Å². The van der Waals surface area contributed by atoms with Crippen LogP contribution in [0, 0.1) is 0 Å². The van der Waals surface area contributed by atoms with E-state index in [0.717, 1.165) is 70.8 Å². The van der Waals surface area contributed by atoms with Gasteiger partial charge in [-0.15, -0.1) is 12.4 Å². The average molecular weight is 848 g/mol.